The monoisotopic (exact) mass is 258 g/mol. The Morgan fingerprint density at radius 2 is 2.05 bits per heavy atom. The van der Waals surface area contributed by atoms with E-state index in [1.807, 2.05) is 13.0 Å². The molecule has 0 atom stereocenters. The molecule has 1 N–H and O–H groups in total. The van der Waals surface area contributed by atoms with Gasteiger partial charge in [-0.25, -0.2) is 0 Å². The SMILES string of the molecule is CCCCc1c(-c2cccc(C)c2)[nH]n(CC)c1=O. The van der Waals surface area contributed by atoms with E-state index in [0.29, 0.717) is 6.54 Å². The summed E-state index contributed by atoms with van der Waals surface area (Å²) >= 11 is 0. The molecule has 0 fully saturated rings. The molecule has 3 heteroatoms. The molecule has 3 nitrogen and oxygen atoms in total. The van der Waals surface area contributed by atoms with Crippen molar-refractivity contribution in [1.82, 2.24) is 9.78 Å². The van der Waals surface area contributed by atoms with Crippen LogP contribution in [-0.4, -0.2) is 9.78 Å². The van der Waals surface area contributed by atoms with Gasteiger partial charge in [0.15, 0.2) is 0 Å². The Hall–Kier alpha value is -1.77. The number of H-pyrrole nitrogens is 1. The van der Waals surface area contributed by atoms with Crippen molar-refractivity contribution >= 4 is 0 Å². The highest BCUT2D eigenvalue weighted by atomic mass is 16.1. The van der Waals surface area contributed by atoms with Crippen molar-refractivity contribution in [2.75, 3.05) is 0 Å². The van der Waals surface area contributed by atoms with E-state index in [9.17, 15) is 4.79 Å². The molecule has 0 bridgehead atoms. The van der Waals surface area contributed by atoms with Gasteiger partial charge in [-0.05, 0) is 32.8 Å². The van der Waals surface area contributed by atoms with Crippen LogP contribution in [-0.2, 0) is 13.0 Å². The normalized spacial score (nSPS) is 10.9. The Labute approximate surface area is 114 Å². The van der Waals surface area contributed by atoms with Crippen LogP contribution in [0.15, 0.2) is 29.1 Å². The summed E-state index contributed by atoms with van der Waals surface area (Å²) in [6.45, 7) is 6.90. The van der Waals surface area contributed by atoms with Crippen LogP contribution in [0.25, 0.3) is 11.3 Å². The number of nitrogens with zero attached hydrogens (tertiary/aromatic N) is 1. The maximum Gasteiger partial charge on any atom is 0.270 e. The number of hydrogen-bond donors (Lipinski definition) is 1. The van der Waals surface area contributed by atoms with Crippen LogP contribution in [0.2, 0.25) is 0 Å². The van der Waals surface area contributed by atoms with Crippen LogP contribution in [0.1, 0.15) is 37.8 Å². The minimum absolute atomic E-state index is 0.132. The molecule has 0 saturated heterocycles. The van der Waals surface area contributed by atoms with E-state index in [4.69, 9.17) is 0 Å². The molecule has 19 heavy (non-hydrogen) atoms. The summed E-state index contributed by atoms with van der Waals surface area (Å²) in [5, 5.41) is 3.26. The number of rotatable bonds is 5. The van der Waals surface area contributed by atoms with Gasteiger partial charge in [0.05, 0.1) is 5.69 Å². The van der Waals surface area contributed by atoms with Crippen LogP contribution in [0.3, 0.4) is 0 Å². The average Bonchev–Trinajstić information content (AvgIpc) is 2.73. The van der Waals surface area contributed by atoms with E-state index in [-0.39, 0.29) is 5.56 Å². The second kappa shape index (κ2) is 5.91. The number of benzene rings is 1. The summed E-state index contributed by atoms with van der Waals surface area (Å²) in [7, 11) is 0. The lowest BCUT2D eigenvalue weighted by atomic mass is 10.0. The Bertz CT molecular complexity index is 607. The van der Waals surface area contributed by atoms with Gasteiger partial charge in [0.2, 0.25) is 0 Å². The summed E-state index contributed by atoms with van der Waals surface area (Å²) in [6.07, 6.45) is 3.00. The molecule has 0 aliphatic rings. The lowest BCUT2D eigenvalue weighted by Crippen LogP contribution is -2.17. The highest BCUT2D eigenvalue weighted by Gasteiger charge is 2.14. The van der Waals surface area contributed by atoms with Crippen molar-refractivity contribution in [3.63, 3.8) is 0 Å². The largest absolute Gasteiger partial charge is 0.295 e. The summed E-state index contributed by atoms with van der Waals surface area (Å²) in [6, 6.07) is 8.30. The van der Waals surface area contributed by atoms with Gasteiger partial charge in [0.1, 0.15) is 0 Å². The quantitative estimate of drug-likeness (QED) is 0.875. The molecular formula is C16H22N2O. The van der Waals surface area contributed by atoms with E-state index in [1.165, 1.54) is 5.56 Å². The number of hydrogen-bond acceptors (Lipinski definition) is 1. The summed E-state index contributed by atoms with van der Waals surface area (Å²) < 4.78 is 1.70. The highest BCUT2D eigenvalue weighted by Crippen LogP contribution is 2.22. The van der Waals surface area contributed by atoms with Gasteiger partial charge in [0, 0.05) is 17.7 Å². The van der Waals surface area contributed by atoms with Crippen LogP contribution in [0.5, 0.6) is 0 Å². The smallest absolute Gasteiger partial charge is 0.270 e. The van der Waals surface area contributed by atoms with Crippen molar-refractivity contribution < 1.29 is 0 Å². The van der Waals surface area contributed by atoms with E-state index < -0.39 is 0 Å². The van der Waals surface area contributed by atoms with Gasteiger partial charge in [0.25, 0.3) is 5.56 Å². The maximum absolute atomic E-state index is 12.3. The zero-order valence-corrected chi connectivity index (χ0v) is 12.0. The van der Waals surface area contributed by atoms with Crippen molar-refractivity contribution in [3.8, 4) is 11.3 Å². The summed E-state index contributed by atoms with van der Waals surface area (Å²) in [5.41, 5.74) is 4.37. The van der Waals surface area contributed by atoms with Crippen LogP contribution >= 0.6 is 0 Å². The van der Waals surface area contributed by atoms with Crippen molar-refractivity contribution in [2.24, 2.45) is 0 Å². The number of aromatic nitrogens is 2. The molecule has 2 rings (SSSR count). The third-order valence-corrected chi connectivity index (χ3v) is 3.46. The molecule has 102 valence electrons. The second-order valence-corrected chi connectivity index (χ2v) is 4.99. The lowest BCUT2D eigenvalue weighted by Gasteiger charge is -2.03. The Morgan fingerprint density at radius 3 is 2.68 bits per heavy atom. The van der Waals surface area contributed by atoms with Gasteiger partial charge in [-0.3, -0.25) is 14.6 Å². The molecule has 0 amide bonds. The van der Waals surface area contributed by atoms with Gasteiger partial charge >= 0.3 is 0 Å². The molecule has 0 spiro atoms. The molecule has 2 aromatic rings. The molecule has 1 heterocycles. The van der Waals surface area contributed by atoms with E-state index in [2.05, 4.69) is 37.1 Å². The Morgan fingerprint density at radius 1 is 1.26 bits per heavy atom. The van der Waals surface area contributed by atoms with Crippen LogP contribution < -0.4 is 5.56 Å². The first kappa shape index (κ1) is 13.7. The molecular weight excluding hydrogens is 236 g/mol. The number of aromatic amines is 1. The average molecular weight is 258 g/mol. The molecule has 1 aromatic carbocycles. The van der Waals surface area contributed by atoms with Gasteiger partial charge < -0.3 is 0 Å². The Balaban J connectivity index is 2.52. The number of nitrogens with one attached hydrogen (secondary N) is 1. The molecule has 0 radical (unpaired) electrons. The van der Waals surface area contributed by atoms with Gasteiger partial charge in [-0.2, -0.15) is 0 Å². The third kappa shape index (κ3) is 2.80. The van der Waals surface area contributed by atoms with Crippen LogP contribution in [0, 0.1) is 6.92 Å². The topological polar surface area (TPSA) is 37.8 Å². The first-order valence-electron chi connectivity index (χ1n) is 7.06. The fraction of sp³-hybridized carbons (Fsp3) is 0.438. The molecule has 0 aliphatic carbocycles. The van der Waals surface area contributed by atoms with E-state index in [1.54, 1.807) is 4.68 Å². The summed E-state index contributed by atoms with van der Waals surface area (Å²) in [4.78, 5) is 12.3. The van der Waals surface area contributed by atoms with E-state index >= 15 is 0 Å². The second-order valence-electron chi connectivity index (χ2n) is 4.99. The number of unbranched alkanes of at least 4 members (excludes halogenated alkanes) is 1. The minimum Gasteiger partial charge on any atom is -0.295 e. The Kier molecular flexibility index (Phi) is 4.25. The van der Waals surface area contributed by atoms with Crippen LogP contribution in [0.4, 0.5) is 0 Å². The lowest BCUT2D eigenvalue weighted by molar-refractivity contribution is 0.637. The molecule has 0 unspecified atom stereocenters. The predicted octanol–water partition coefficient (Wildman–Crippen LogP) is 3.51. The molecule has 0 saturated carbocycles. The summed E-state index contributed by atoms with van der Waals surface area (Å²) in [5.74, 6) is 0. The number of aryl methyl sites for hydroxylation is 2. The predicted molar refractivity (Wildman–Crippen MR) is 79.5 cm³/mol. The maximum atomic E-state index is 12.3. The van der Waals surface area contributed by atoms with Crippen molar-refractivity contribution in [1.29, 1.82) is 0 Å². The zero-order chi connectivity index (χ0) is 13.8. The van der Waals surface area contributed by atoms with Crippen molar-refractivity contribution in [2.45, 2.75) is 46.6 Å². The van der Waals surface area contributed by atoms with E-state index in [0.717, 1.165) is 36.1 Å². The first-order chi connectivity index (χ1) is 9.17. The highest BCUT2D eigenvalue weighted by molar-refractivity contribution is 5.63. The van der Waals surface area contributed by atoms with Gasteiger partial charge in [-0.15, -0.1) is 0 Å². The van der Waals surface area contributed by atoms with Gasteiger partial charge in [-0.1, -0.05) is 37.1 Å². The standard InChI is InChI=1S/C16H22N2O/c1-4-6-10-14-15(17-18(5-2)16(14)19)13-9-7-8-12(3)11-13/h7-9,11,17H,4-6,10H2,1-3H3. The first-order valence-corrected chi connectivity index (χ1v) is 7.06. The molecule has 0 aliphatic heterocycles. The van der Waals surface area contributed by atoms with Crippen molar-refractivity contribution in [3.05, 3.63) is 45.7 Å². The fourth-order valence-corrected chi connectivity index (χ4v) is 2.37. The minimum atomic E-state index is 0.132. The molecule has 1 aromatic heterocycles. The third-order valence-electron chi connectivity index (χ3n) is 3.46. The fourth-order valence-electron chi connectivity index (χ4n) is 2.37. The zero-order valence-electron chi connectivity index (χ0n) is 12.0.